The van der Waals surface area contributed by atoms with Gasteiger partial charge in [-0.25, -0.2) is 0 Å². The Morgan fingerprint density at radius 2 is 1.89 bits per heavy atom. The topological polar surface area (TPSA) is 32.7 Å². The third-order valence-electron chi connectivity index (χ3n) is 6.34. The Hall–Kier alpha value is -1.42. The molecule has 0 spiro atoms. The van der Waals surface area contributed by atoms with Crippen LogP contribution < -0.4 is 4.74 Å². The molecule has 1 N–H and O–H groups in total. The molecule has 1 aliphatic carbocycles. The second-order valence-electron chi connectivity index (χ2n) is 7.70. The first-order chi connectivity index (χ1) is 12.6. The highest BCUT2D eigenvalue weighted by Crippen LogP contribution is 2.55. The van der Waals surface area contributed by atoms with E-state index in [1.165, 1.54) is 29.5 Å². The van der Waals surface area contributed by atoms with Crippen molar-refractivity contribution in [1.29, 1.82) is 0 Å². The summed E-state index contributed by atoms with van der Waals surface area (Å²) in [7, 11) is 3.81. The van der Waals surface area contributed by atoms with Gasteiger partial charge in [0.2, 0.25) is 0 Å². The van der Waals surface area contributed by atoms with Crippen LogP contribution in [-0.2, 0) is 11.8 Å². The molecule has 0 bridgehead atoms. The predicted octanol–water partition coefficient (Wildman–Crippen LogP) is 5.52. The van der Waals surface area contributed by atoms with Crippen LogP contribution >= 0.6 is 24.0 Å². The zero-order valence-electron chi connectivity index (χ0n) is 15.9. The van der Waals surface area contributed by atoms with Crippen LogP contribution in [0.3, 0.4) is 0 Å². The smallest absolute Gasteiger partial charge is 0.160 e. The molecule has 0 saturated heterocycles. The maximum atomic E-state index is 10.5. The molecule has 1 aliphatic heterocycles. The minimum atomic E-state index is -0.0106. The zero-order valence-corrected chi connectivity index (χ0v) is 17.4. The van der Waals surface area contributed by atoms with E-state index in [1.54, 1.807) is 7.11 Å². The van der Waals surface area contributed by atoms with Crippen LogP contribution in [0.2, 0.25) is 5.02 Å². The number of hydrogen-bond acceptors (Lipinski definition) is 3. The maximum absolute atomic E-state index is 10.5. The Bertz CT molecular complexity index is 818. The van der Waals surface area contributed by atoms with Gasteiger partial charge in [-0.1, -0.05) is 42.6 Å². The molecule has 1 atom stereocenters. The van der Waals surface area contributed by atoms with Gasteiger partial charge in [0.1, 0.15) is 0 Å². The van der Waals surface area contributed by atoms with Crippen LogP contribution in [0.4, 0.5) is 0 Å². The number of ether oxygens (including phenoxy) is 1. The third kappa shape index (κ3) is 3.30. The third-order valence-corrected chi connectivity index (χ3v) is 6.67. The average molecular weight is 408 g/mol. The van der Waals surface area contributed by atoms with E-state index in [4.69, 9.17) is 16.3 Å². The number of aromatic hydroxyl groups is 1. The molecule has 2 aromatic carbocycles. The van der Waals surface area contributed by atoms with Crippen molar-refractivity contribution in [3.05, 3.63) is 58.1 Å². The molecule has 146 valence electrons. The van der Waals surface area contributed by atoms with Crippen LogP contribution in [-0.4, -0.2) is 30.7 Å². The first kappa shape index (κ1) is 20.3. The molecule has 1 heterocycles. The summed E-state index contributed by atoms with van der Waals surface area (Å²) in [4.78, 5) is 2.45. The van der Waals surface area contributed by atoms with Gasteiger partial charge in [-0.2, -0.15) is 0 Å². The summed E-state index contributed by atoms with van der Waals surface area (Å²) >= 11 is 6.68. The van der Waals surface area contributed by atoms with Crippen molar-refractivity contribution in [2.24, 2.45) is 0 Å². The molecular weight excluding hydrogens is 381 g/mol. The second-order valence-corrected chi connectivity index (χ2v) is 8.11. The van der Waals surface area contributed by atoms with Crippen LogP contribution in [0.5, 0.6) is 11.5 Å². The van der Waals surface area contributed by atoms with Crippen LogP contribution in [0, 0.1) is 0 Å². The molecule has 1 fully saturated rings. The highest BCUT2D eigenvalue weighted by atomic mass is 35.5. The predicted molar refractivity (Wildman–Crippen MR) is 113 cm³/mol. The van der Waals surface area contributed by atoms with Crippen molar-refractivity contribution in [1.82, 2.24) is 4.90 Å². The summed E-state index contributed by atoms with van der Waals surface area (Å²) in [5, 5.41) is 11.3. The Morgan fingerprint density at radius 3 is 2.56 bits per heavy atom. The summed E-state index contributed by atoms with van der Waals surface area (Å²) in [5.41, 5.74) is 3.74. The van der Waals surface area contributed by atoms with Gasteiger partial charge in [-0.15, -0.1) is 12.4 Å². The van der Waals surface area contributed by atoms with Gasteiger partial charge in [-0.05, 0) is 61.2 Å². The molecule has 0 amide bonds. The van der Waals surface area contributed by atoms with Crippen molar-refractivity contribution in [3.63, 3.8) is 0 Å². The molecular formula is C22H27Cl2NO2. The molecule has 2 aliphatic rings. The number of rotatable bonds is 3. The van der Waals surface area contributed by atoms with Gasteiger partial charge in [-0.3, -0.25) is 4.90 Å². The molecule has 27 heavy (non-hydrogen) atoms. The number of hydrogen-bond donors (Lipinski definition) is 1. The number of phenols is 1. The lowest BCUT2D eigenvalue weighted by molar-refractivity contribution is 0.135. The molecule has 0 aromatic heterocycles. The van der Waals surface area contributed by atoms with Gasteiger partial charge in [0.25, 0.3) is 0 Å². The number of methoxy groups -OCH3 is 1. The van der Waals surface area contributed by atoms with Gasteiger partial charge >= 0.3 is 0 Å². The fourth-order valence-corrected chi connectivity index (χ4v) is 5.53. The first-order valence-electron chi connectivity index (χ1n) is 9.42. The SMILES string of the molecule is COc1cc2c(cc1O)C(C1(c3ccccc3Cl)CCCC1)N(C)CC2.Cl. The Balaban J connectivity index is 0.00000210. The fourth-order valence-electron chi connectivity index (χ4n) is 5.21. The lowest BCUT2D eigenvalue weighted by Gasteiger charge is -2.47. The monoisotopic (exact) mass is 407 g/mol. The van der Waals surface area contributed by atoms with E-state index in [0.29, 0.717) is 5.75 Å². The molecule has 5 heteroatoms. The maximum Gasteiger partial charge on any atom is 0.160 e. The Morgan fingerprint density at radius 1 is 1.19 bits per heavy atom. The van der Waals surface area contributed by atoms with Crippen LogP contribution in [0.1, 0.15) is 48.4 Å². The van der Waals surface area contributed by atoms with Crippen molar-refractivity contribution < 1.29 is 9.84 Å². The number of phenolic OH excluding ortho intramolecular Hbond substituents is 1. The average Bonchev–Trinajstić information content (AvgIpc) is 3.12. The molecule has 1 unspecified atom stereocenters. The van der Waals surface area contributed by atoms with E-state index in [2.05, 4.69) is 24.1 Å². The largest absolute Gasteiger partial charge is 0.504 e. The summed E-state index contributed by atoms with van der Waals surface area (Å²) in [6.07, 6.45) is 5.65. The summed E-state index contributed by atoms with van der Waals surface area (Å²) in [6.45, 7) is 0.998. The van der Waals surface area contributed by atoms with E-state index < -0.39 is 0 Å². The van der Waals surface area contributed by atoms with Gasteiger partial charge in [0.05, 0.1) is 7.11 Å². The van der Waals surface area contributed by atoms with E-state index in [9.17, 15) is 5.11 Å². The molecule has 1 saturated carbocycles. The Kier molecular flexibility index (Phi) is 5.95. The van der Waals surface area contributed by atoms with Gasteiger partial charge < -0.3 is 9.84 Å². The Labute approximate surface area is 172 Å². The summed E-state index contributed by atoms with van der Waals surface area (Å²) < 4.78 is 5.34. The number of benzene rings is 2. The number of likely N-dealkylation sites (N-methyl/N-ethyl adjacent to an activating group) is 1. The molecule has 4 rings (SSSR count). The highest BCUT2D eigenvalue weighted by Gasteiger charge is 2.48. The van der Waals surface area contributed by atoms with Crippen LogP contribution in [0.25, 0.3) is 0 Å². The quantitative estimate of drug-likeness (QED) is 0.726. The standard InChI is InChI=1S/C22H26ClNO2.ClH/c1-24-12-9-15-13-20(26-2)19(25)14-16(15)21(24)22(10-5-6-11-22)17-7-3-4-8-18(17)23;/h3-4,7-8,13-14,21,25H,5-6,9-12H2,1-2H3;1H. The first-order valence-corrected chi connectivity index (χ1v) is 9.79. The number of nitrogens with zero attached hydrogens (tertiary/aromatic N) is 1. The van der Waals surface area contributed by atoms with E-state index in [1.807, 2.05) is 24.3 Å². The lowest BCUT2D eigenvalue weighted by Crippen LogP contribution is -2.44. The van der Waals surface area contributed by atoms with Crippen molar-refractivity contribution in [2.45, 2.75) is 43.6 Å². The van der Waals surface area contributed by atoms with Crippen molar-refractivity contribution >= 4 is 24.0 Å². The van der Waals surface area contributed by atoms with Gasteiger partial charge in [0.15, 0.2) is 11.5 Å². The highest BCUT2D eigenvalue weighted by molar-refractivity contribution is 6.31. The minimum Gasteiger partial charge on any atom is -0.504 e. The van der Waals surface area contributed by atoms with E-state index in [-0.39, 0.29) is 29.6 Å². The van der Waals surface area contributed by atoms with Crippen molar-refractivity contribution in [3.8, 4) is 11.5 Å². The molecule has 2 aromatic rings. The summed E-state index contributed by atoms with van der Waals surface area (Å²) in [6, 6.07) is 12.4. The summed E-state index contributed by atoms with van der Waals surface area (Å²) in [5.74, 6) is 0.782. The second kappa shape index (κ2) is 7.90. The molecule has 0 radical (unpaired) electrons. The fraction of sp³-hybridized carbons (Fsp3) is 0.455. The normalized spacial score (nSPS) is 21.4. The minimum absolute atomic E-state index is 0. The molecule has 3 nitrogen and oxygen atoms in total. The van der Waals surface area contributed by atoms with Crippen LogP contribution in [0.15, 0.2) is 36.4 Å². The van der Waals surface area contributed by atoms with E-state index >= 15 is 0 Å². The van der Waals surface area contributed by atoms with E-state index in [0.717, 1.165) is 30.8 Å². The van der Waals surface area contributed by atoms with Crippen molar-refractivity contribution in [2.75, 3.05) is 20.7 Å². The van der Waals surface area contributed by atoms with Gasteiger partial charge in [0, 0.05) is 23.0 Å². The lowest BCUT2D eigenvalue weighted by atomic mass is 9.67. The number of fused-ring (bicyclic) bond motifs is 1. The number of halogens is 2. The zero-order chi connectivity index (χ0) is 18.3.